The van der Waals surface area contributed by atoms with Crippen LogP contribution in [0.1, 0.15) is 23.8 Å². The minimum absolute atomic E-state index is 0.147. The third kappa shape index (κ3) is 3.93. The molecule has 1 fully saturated rings. The molecule has 2 atom stereocenters. The van der Waals surface area contributed by atoms with E-state index in [0.29, 0.717) is 25.4 Å². The van der Waals surface area contributed by atoms with Gasteiger partial charge < -0.3 is 19.0 Å². The molecule has 1 N–H and O–H groups in total. The fourth-order valence-electron chi connectivity index (χ4n) is 3.02. The van der Waals surface area contributed by atoms with Gasteiger partial charge in [0, 0.05) is 24.7 Å². The number of ether oxygens (including phenoxy) is 2. The van der Waals surface area contributed by atoms with Crippen LogP contribution in [-0.2, 0) is 11.3 Å². The van der Waals surface area contributed by atoms with Crippen molar-refractivity contribution in [2.24, 2.45) is 0 Å². The Kier molecular flexibility index (Phi) is 5.33. The van der Waals surface area contributed by atoms with Gasteiger partial charge in [-0.15, -0.1) is 0 Å². The summed E-state index contributed by atoms with van der Waals surface area (Å²) in [6.07, 6.45) is 1.56. The summed E-state index contributed by atoms with van der Waals surface area (Å²) in [7, 11) is 1.69. The van der Waals surface area contributed by atoms with Gasteiger partial charge in [-0.05, 0) is 24.6 Å². The summed E-state index contributed by atoms with van der Waals surface area (Å²) in [4.78, 5) is 2.34. The zero-order valence-corrected chi connectivity index (χ0v) is 13.4. The molecular formula is C18H23NO4. The summed E-state index contributed by atoms with van der Waals surface area (Å²) in [6.45, 7) is 2.95. The molecule has 5 heteroatoms. The molecule has 1 aliphatic rings. The van der Waals surface area contributed by atoms with Crippen LogP contribution in [0, 0.1) is 0 Å². The van der Waals surface area contributed by atoms with Gasteiger partial charge in [-0.25, -0.2) is 0 Å². The summed E-state index contributed by atoms with van der Waals surface area (Å²) >= 11 is 0. The van der Waals surface area contributed by atoms with Gasteiger partial charge in [0.1, 0.15) is 17.6 Å². The Labute approximate surface area is 136 Å². The summed E-state index contributed by atoms with van der Waals surface area (Å²) in [5.41, 5.74) is 1.15. The molecule has 0 amide bonds. The Morgan fingerprint density at radius 2 is 2.17 bits per heavy atom. The van der Waals surface area contributed by atoms with Gasteiger partial charge in [-0.2, -0.15) is 0 Å². The smallest absolute Gasteiger partial charge is 0.132 e. The van der Waals surface area contributed by atoms with Gasteiger partial charge in [0.05, 0.1) is 26.6 Å². The number of aliphatic hydroxyl groups excluding tert-OH is 1. The van der Waals surface area contributed by atoms with Crippen molar-refractivity contribution in [2.45, 2.75) is 25.1 Å². The van der Waals surface area contributed by atoms with Crippen molar-refractivity contribution in [3.05, 3.63) is 54.0 Å². The van der Waals surface area contributed by atoms with Crippen LogP contribution in [0.5, 0.6) is 5.75 Å². The molecule has 0 saturated carbocycles. The lowest BCUT2D eigenvalue weighted by Gasteiger charge is -2.36. The first kappa shape index (κ1) is 16.1. The average Bonchev–Trinajstić information content (AvgIpc) is 3.12. The van der Waals surface area contributed by atoms with Crippen LogP contribution in [-0.4, -0.2) is 42.9 Å². The molecule has 124 valence electrons. The third-order valence-electron chi connectivity index (χ3n) is 4.28. The molecule has 5 nitrogen and oxygen atoms in total. The second-order valence-electron chi connectivity index (χ2n) is 5.78. The number of furan rings is 1. The zero-order valence-electron chi connectivity index (χ0n) is 13.4. The topological polar surface area (TPSA) is 55.1 Å². The van der Waals surface area contributed by atoms with Gasteiger partial charge in [-0.1, -0.05) is 18.2 Å². The first-order chi connectivity index (χ1) is 11.3. The lowest BCUT2D eigenvalue weighted by Crippen LogP contribution is -2.45. The molecular weight excluding hydrogens is 294 g/mol. The maximum absolute atomic E-state index is 10.3. The van der Waals surface area contributed by atoms with Crippen molar-refractivity contribution in [2.75, 3.05) is 26.9 Å². The highest BCUT2D eigenvalue weighted by molar-refractivity contribution is 5.33. The summed E-state index contributed by atoms with van der Waals surface area (Å²) in [5.74, 6) is 1.50. The minimum Gasteiger partial charge on any atom is -0.496 e. The molecule has 0 bridgehead atoms. The maximum Gasteiger partial charge on any atom is 0.132 e. The van der Waals surface area contributed by atoms with Crippen LogP contribution in [0.3, 0.4) is 0 Å². The molecule has 2 heterocycles. The van der Waals surface area contributed by atoms with E-state index < -0.39 is 6.10 Å². The first-order valence-electron chi connectivity index (χ1n) is 7.93. The van der Waals surface area contributed by atoms with Gasteiger partial charge in [0.25, 0.3) is 0 Å². The Hall–Kier alpha value is -1.82. The molecule has 0 aliphatic carbocycles. The number of rotatable bonds is 6. The number of benzene rings is 1. The van der Waals surface area contributed by atoms with Crippen molar-refractivity contribution in [3.63, 3.8) is 0 Å². The van der Waals surface area contributed by atoms with Crippen LogP contribution < -0.4 is 4.74 Å². The normalized spacial score (nSPS) is 20.3. The fraction of sp³-hybridized carbons (Fsp3) is 0.444. The Bertz CT molecular complexity index is 599. The van der Waals surface area contributed by atoms with E-state index in [1.165, 1.54) is 0 Å². The van der Waals surface area contributed by atoms with E-state index in [2.05, 4.69) is 11.0 Å². The second-order valence-corrected chi connectivity index (χ2v) is 5.78. The van der Waals surface area contributed by atoms with Crippen LogP contribution in [0.25, 0.3) is 0 Å². The number of para-hydroxylation sites is 1. The van der Waals surface area contributed by atoms with E-state index >= 15 is 0 Å². The van der Waals surface area contributed by atoms with E-state index in [-0.39, 0.29) is 6.04 Å². The molecule has 0 spiro atoms. The number of nitrogens with zero attached hydrogens (tertiary/aromatic N) is 1. The standard InChI is InChI=1S/C18H23NO4/c1-21-17-6-3-2-5-14(17)12-19-8-10-22-13-15(19)11-16(20)18-7-4-9-23-18/h2-7,9,15-16,20H,8,10-13H2,1H3. The lowest BCUT2D eigenvalue weighted by atomic mass is 10.0. The average molecular weight is 317 g/mol. The Morgan fingerprint density at radius 1 is 1.30 bits per heavy atom. The molecule has 23 heavy (non-hydrogen) atoms. The Balaban J connectivity index is 1.69. The molecule has 2 aromatic rings. The van der Waals surface area contributed by atoms with Crippen molar-refractivity contribution in [1.82, 2.24) is 4.90 Å². The van der Waals surface area contributed by atoms with Crippen LogP contribution in [0.4, 0.5) is 0 Å². The highest BCUT2D eigenvalue weighted by Gasteiger charge is 2.27. The molecule has 1 aromatic heterocycles. The van der Waals surface area contributed by atoms with Gasteiger partial charge in [0.15, 0.2) is 0 Å². The van der Waals surface area contributed by atoms with Gasteiger partial charge in [0.2, 0.25) is 0 Å². The zero-order chi connectivity index (χ0) is 16.1. The molecule has 1 aliphatic heterocycles. The molecule has 1 aromatic carbocycles. The van der Waals surface area contributed by atoms with Gasteiger partial charge in [-0.3, -0.25) is 4.90 Å². The fourth-order valence-corrected chi connectivity index (χ4v) is 3.02. The number of aliphatic hydroxyl groups is 1. The molecule has 0 radical (unpaired) electrons. The van der Waals surface area contributed by atoms with Crippen molar-refractivity contribution in [1.29, 1.82) is 0 Å². The third-order valence-corrected chi connectivity index (χ3v) is 4.28. The number of methoxy groups -OCH3 is 1. The predicted octanol–water partition coefficient (Wildman–Crippen LogP) is 2.61. The summed E-state index contributed by atoms with van der Waals surface area (Å²) in [5, 5.41) is 10.3. The van der Waals surface area contributed by atoms with E-state index in [9.17, 15) is 5.11 Å². The monoisotopic (exact) mass is 317 g/mol. The number of hydrogen-bond donors (Lipinski definition) is 1. The van der Waals surface area contributed by atoms with Crippen LogP contribution >= 0.6 is 0 Å². The van der Waals surface area contributed by atoms with E-state index in [1.807, 2.05) is 18.2 Å². The SMILES string of the molecule is COc1ccccc1CN1CCOCC1CC(O)c1ccco1. The Morgan fingerprint density at radius 3 is 2.96 bits per heavy atom. The number of hydrogen-bond acceptors (Lipinski definition) is 5. The van der Waals surface area contributed by atoms with Gasteiger partial charge >= 0.3 is 0 Å². The van der Waals surface area contributed by atoms with E-state index in [1.54, 1.807) is 25.5 Å². The van der Waals surface area contributed by atoms with Crippen molar-refractivity contribution >= 4 is 0 Å². The minimum atomic E-state index is -0.614. The van der Waals surface area contributed by atoms with Crippen LogP contribution in [0.2, 0.25) is 0 Å². The van der Waals surface area contributed by atoms with Crippen molar-refractivity contribution < 1.29 is 19.0 Å². The first-order valence-corrected chi connectivity index (χ1v) is 7.93. The lowest BCUT2D eigenvalue weighted by molar-refractivity contribution is -0.0325. The highest BCUT2D eigenvalue weighted by Crippen LogP contribution is 2.26. The van der Waals surface area contributed by atoms with E-state index in [0.717, 1.165) is 24.4 Å². The number of morpholine rings is 1. The molecule has 2 unspecified atom stereocenters. The summed E-state index contributed by atoms with van der Waals surface area (Å²) in [6, 6.07) is 11.8. The largest absolute Gasteiger partial charge is 0.496 e. The summed E-state index contributed by atoms with van der Waals surface area (Å²) < 4.78 is 16.3. The van der Waals surface area contributed by atoms with Crippen LogP contribution in [0.15, 0.2) is 47.1 Å². The predicted molar refractivity (Wildman–Crippen MR) is 86.3 cm³/mol. The molecule has 3 rings (SSSR count). The highest BCUT2D eigenvalue weighted by atomic mass is 16.5. The van der Waals surface area contributed by atoms with Crippen molar-refractivity contribution in [3.8, 4) is 5.75 Å². The second kappa shape index (κ2) is 7.64. The quantitative estimate of drug-likeness (QED) is 0.887. The maximum atomic E-state index is 10.3. The van der Waals surface area contributed by atoms with E-state index in [4.69, 9.17) is 13.9 Å². The molecule has 1 saturated heterocycles.